The summed E-state index contributed by atoms with van der Waals surface area (Å²) >= 11 is 0. The highest BCUT2D eigenvalue weighted by Crippen LogP contribution is 2.48. The first-order valence-electron chi connectivity index (χ1n) is 11.6. The maximum Gasteiger partial charge on any atom is 0.227 e. The molecule has 1 heterocycles. The highest BCUT2D eigenvalue weighted by Gasteiger charge is 2.44. The number of fused-ring (bicyclic) bond motifs is 2. The number of carbonyl (C=O) groups excluding carboxylic acids is 2. The van der Waals surface area contributed by atoms with Crippen LogP contribution in [0.3, 0.4) is 0 Å². The number of aryl methyl sites for hydroxylation is 1. The maximum atomic E-state index is 13.8. The van der Waals surface area contributed by atoms with Gasteiger partial charge in [0, 0.05) is 24.5 Å². The second-order valence-corrected chi connectivity index (χ2v) is 8.90. The zero-order chi connectivity index (χ0) is 22.9. The fraction of sp³-hybridized carbons (Fsp3) is 0.241. The summed E-state index contributed by atoms with van der Waals surface area (Å²) in [5.74, 6) is -0.275. The first-order chi connectivity index (χ1) is 16.1. The number of allylic oxidation sites excluding steroid dienone is 1. The zero-order valence-corrected chi connectivity index (χ0v) is 19.0. The van der Waals surface area contributed by atoms with Gasteiger partial charge in [0.25, 0.3) is 0 Å². The maximum absolute atomic E-state index is 13.8. The van der Waals surface area contributed by atoms with E-state index in [4.69, 9.17) is 0 Å². The minimum absolute atomic E-state index is 0.00839. The predicted molar refractivity (Wildman–Crippen MR) is 132 cm³/mol. The number of hydrogen-bond acceptors (Lipinski definition) is 3. The molecule has 3 atom stereocenters. The van der Waals surface area contributed by atoms with E-state index in [1.54, 1.807) is 0 Å². The van der Waals surface area contributed by atoms with Crippen LogP contribution in [0.1, 0.15) is 48.4 Å². The van der Waals surface area contributed by atoms with E-state index in [0.29, 0.717) is 12.8 Å². The third-order valence-corrected chi connectivity index (χ3v) is 6.74. The monoisotopic (exact) mass is 436 g/mol. The van der Waals surface area contributed by atoms with Crippen molar-refractivity contribution in [2.45, 2.75) is 38.6 Å². The molecule has 0 bridgehead atoms. The standard InChI is InChI=1S/C29H28N2O2/c1-3-27(33)31-25-12-8-7-11-23(25)30-24-17-22(20-9-5-4-6-10-20)18-26(32)28(24)29(31)21-15-13-19(2)14-16-21/h4-17,22,28-30H,3,18H2,1-2H3. The average molecular weight is 437 g/mol. The Bertz CT molecular complexity index is 1210. The van der Waals surface area contributed by atoms with Gasteiger partial charge >= 0.3 is 0 Å². The van der Waals surface area contributed by atoms with Gasteiger partial charge in [-0.1, -0.05) is 85.3 Å². The molecule has 3 aromatic carbocycles. The van der Waals surface area contributed by atoms with Gasteiger partial charge < -0.3 is 10.2 Å². The zero-order valence-electron chi connectivity index (χ0n) is 19.0. The third kappa shape index (κ3) is 3.86. The molecule has 2 aliphatic rings. The van der Waals surface area contributed by atoms with E-state index < -0.39 is 12.0 Å². The van der Waals surface area contributed by atoms with Crippen molar-refractivity contribution in [1.29, 1.82) is 0 Å². The lowest BCUT2D eigenvalue weighted by Crippen LogP contribution is -2.42. The summed E-state index contributed by atoms with van der Waals surface area (Å²) in [7, 11) is 0. The van der Waals surface area contributed by atoms with E-state index in [-0.39, 0.29) is 17.6 Å². The van der Waals surface area contributed by atoms with Gasteiger partial charge in [-0.2, -0.15) is 0 Å². The number of carbonyl (C=O) groups is 2. The average Bonchev–Trinajstić information content (AvgIpc) is 2.99. The van der Waals surface area contributed by atoms with Crippen LogP contribution in [0.5, 0.6) is 0 Å². The summed E-state index contributed by atoms with van der Waals surface area (Å²) in [6.07, 6.45) is 2.98. The lowest BCUT2D eigenvalue weighted by molar-refractivity contribution is -0.123. The molecule has 0 radical (unpaired) electrons. The normalized spacial score (nSPS) is 21.9. The Kier molecular flexibility index (Phi) is 5.59. The third-order valence-electron chi connectivity index (χ3n) is 6.74. The number of nitrogens with zero attached hydrogens (tertiary/aromatic N) is 1. The smallest absolute Gasteiger partial charge is 0.227 e. The lowest BCUT2D eigenvalue weighted by atomic mass is 9.76. The SMILES string of the molecule is CCC(=O)N1c2ccccc2NC2=CC(c3ccccc3)CC(=O)C2C1c1ccc(C)cc1. The van der Waals surface area contributed by atoms with Gasteiger partial charge in [0.05, 0.1) is 23.3 Å². The Hall–Kier alpha value is -3.66. The van der Waals surface area contributed by atoms with E-state index in [0.717, 1.165) is 33.8 Å². The highest BCUT2D eigenvalue weighted by atomic mass is 16.2. The Labute approximate surface area is 194 Å². The summed E-state index contributed by atoms with van der Waals surface area (Å²) in [6, 6.07) is 25.8. The number of amides is 1. The van der Waals surface area contributed by atoms with Crippen LogP contribution in [0.4, 0.5) is 11.4 Å². The van der Waals surface area contributed by atoms with Crippen LogP contribution in [0.15, 0.2) is 90.6 Å². The Morgan fingerprint density at radius 2 is 1.64 bits per heavy atom. The van der Waals surface area contributed by atoms with Gasteiger partial charge in [-0.25, -0.2) is 0 Å². The van der Waals surface area contributed by atoms with Crippen molar-refractivity contribution in [2.75, 3.05) is 10.2 Å². The number of nitrogens with one attached hydrogen (secondary N) is 1. The predicted octanol–water partition coefficient (Wildman–Crippen LogP) is 6.16. The van der Waals surface area contributed by atoms with Crippen LogP contribution in [-0.4, -0.2) is 11.7 Å². The molecule has 3 aromatic rings. The fourth-order valence-corrected chi connectivity index (χ4v) is 5.09. The second kappa shape index (κ2) is 8.70. The molecule has 1 N–H and O–H groups in total. The van der Waals surface area contributed by atoms with E-state index in [1.165, 1.54) is 0 Å². The van der Waals surface area contributed by atoms with Crippen LogP contribution < -0.4 is 10.2 Å². The lowest BCUT2D eigenvalue weighted by Gasteiger charge is -2.37. The molecule has 0 saturated heterocycles. The molecule has 3 unspecified atom stereocenters. The highest BCUT2D eigenvalue weighted by molar-refractivity contribution is 6.01. The fourth-order valence-electron chi connectivity index (χ4n) is 5.09. The summed E-state index contributed by atoms with van der Waals surface area (Å²) in [4.78, 5) is 29.0. The van der Waals surface area contributed by atoms with E-state index in [1.807, 2.05) is 61.2 Å². The summed E-state index contributed by atoms with van der Waals surface area (Å²) < 4.78 is 0. The molecule has 0 spiro atoms. The van der Waals surface area contributed by atoms with Crippen molar-refractivity contribution in [3.8, 4) is 0 Å². The molecule has 0 aromatic heterocycles. The molecule has 1 aliphatic carbocycles. The van der Waals surface area contributed by atoms with E-state index >= 15 is 0 Å². The number of Topliss-reactive ketones (excluding diaryl/α,β-unsaturated/α-hetero) is 1. The van der Waals surface area contributed by atoms with Crippen molar-refractivity contribution < 1.29 is 9.59 Å². The number of benzene rings is 3. The molecule has 33 heavy (non-hydrogen) atoms. The molecule has 4 heteroatoms. The minimum atomic E-state index is -0.449. The van der Waals surface area contributed by atoms with Crippen LogP contribution in [0.2, 0.25) is 0 Å². The molecule has 0 saturated carbocycles. The number of rotatable bonds is 3. The molecule has 5 rings (SSSR count). The summed E-state index contributed by atoms with van der Waals surface area (Å²) in [5.41, 5.74) is 5.80. The number of anilines is 2. The van der Waals surface area contributed by atoms with Crippen molar-refractivity contribution in [2.24, 2.45) is 5.92 Å². The quantitative estimate of drug-likeness (QED) is 0.535. The molecular weight excluding hydrogens is 408 g/mol. The van der Waals surface area contributed by atoms with Gasteiger partial charge in [0.2, 0.25) is 5.91 Å². The van der Waals surface area contributed by atoms with Gasteiger partial charge in [0.15, 0.2) is 0 Å². The van der Waals surface area contributed by atoms with E-state index in [9.17, 15) is 9.59 Å². The molecule has 4 nitrogen and oxygen atoms in total. The van der Waals surface area contributed by atoms with Crippen molar-refractivity contribution >= 4 is 23.1 Å². The number of ketones is 1. The van der Waals surface area contributed by atoms with Crippen molar-refractivity contribution in [3.05, 3.63) is 107 Å². The Morgan fingerprint density at radius 1 is 0.939 bits per heavy atom. The first-order valence-corrected chi connectivity index (χ1v) is 11.6. The Morgan fingerprint density at radius 3 is 2.36 bits per heavy atom. The van der Waals surface area contributed by atoms with Gasteiger partial charge in [-0.15, -0.1) is 0 Å². The molecule has 0 fully saturated rings. The summed E-state index contributed by atoms with van der Waals surface area (Å²) in [5, 5.41) is 3.56. The largest absolute Gasteiger partial charge is 0.357 e. The van der Waals surface area contributed by atoms with E-state index in [2.05, 4.69) is 47.8 Å². The molecule has 1 amide bonds. The second-order valence-electron chi connectivity index (χ2n) is 8.90. The van der Waals surface area contributed by atoms with Crippen LogP contribution in [-0.2, 0) is 9.59 Å². The van der Waals surface area contributed by atoms with Crippen molar-refractivity contribution in [3.63, 3.8) is 0 Å². The summed E-state index contributed by atoms with van der Waals surface area (Å²) in [6.45, 7) is 3.92. The molecular formula is C29H28N2O2. The Balaban J connectivity index is 1.72. The van der Waals surface area contributed by atoms with Gasteiger partial charge in [-0.3, -0.25) is 9.59 Å². The number of hydrogen-bond donors (Lipinski definition) is 1. The van der Waals surface area contributed by atoms with Crippen molar-refractivity contribution in [1.82, 2.24) is 0 Å². The first kappa shape index (κ1) is 21.2. The van der Waals surface area contributed by atoms with Gasteiger partial charge in [0.1, 0.15) is 5.78 Å². The van der Waals surface area contributed by atoms with Gasteiger partial charge in [-0.05, 0) is 30.2 Å². The molecule has 1 aliphatic heterocycles. The topological polar surface area (TPSA) is 49.4 Å². The number of para-hydroxylation sites is 2. The van der Waals surface area contributed by atoms with Crippen LogP contribution in [0, 0.1) is 12.8 Å². The minimum Gasteiger partial charge on any atom is -0.357 e. The van der Waals surface area contributed by atoms with Crippen LogP contribution in [0.25, 0.3) is 0 Å². The van der Waals surface area contributed by atoms with Crippen LogP contribution >= 0.6 is 0 Å². The molecule has 166 valence electrons.